The Morgan fingerprint density at radius 3 is 2.70 bits per heavy atom. The van der Waals surface area contributed by atoms with Gasteiger partial charge in [0.15, 0.2) is 5.78 Å². The standard InChI is InChI=1S/C24H30N4O5/c1-16(2)21(27-24(32)33-15-17-7-4-3-5-8-17)20(29)13-18-14-28-19(10-12-26-28)9-6-11-25-23(31)22(18)30/h3-5,7-8,10,12,16,18,21H,6,9,11,13-15H2,1-2H3,(H,25,31)(H,27,32). The Labute approximate surface area is 192 Å². The molecule has 2 aromatic rings. The fourth-order valence-corrected chi connectivity index (χ4v) is 3.81. The predicted octanol–water partition coefficient (Wildman–Crippen LogP) is 2.04. The number of aromatic nitrogens is 2. The van der Waals surface area contributed by atoms with Crippen LogP contribution in [0.4, 0.5) is 4.79 Å². The lowest BCUT2D eigenvalue weighted by atomic mass is 9.89. The van der Waals surface area contributed by atoms with Gasteiger partial charge in [0.1, 0.15) is 6.61 Å². The van der Waals surface area contributed by atoms with Crippen LogP contribution in [0.1, 0.15) is 37.9 Å². The fraction of sp³-hybridized carbons (Fsp3) is 0.458. The quantitative estimate of drug-likeness (QED) is 0.618. The number of amides is 2. The van der Waals surface area contributed by atoms with Gasteiger partial charge in [0.05, 0.1) is 18.5 Å². The number of carbonyl (C=O) groups is 4. The van der Waals surface area contributed by atoms with Gasteiger partial charge in [-0.1, -0.05) is 44.2 Å². The molecule has 0 radical (unpaired) electrons. The van der Waals surface area contributed by atoms with E-state index in [1.807, 2.05) is 36.4 Å². The average Bonchev–Trinajstić information content (AvgIpc) is 3.24. The highest BCUT2D eigenvalue weighted by Crippen LogP contribution is 2.17. The highest BCUT2D eigenvalue weighted by molar-refractivity contribution is 6.37. The monoisotopic (exact) mass is 454 g/mol. The van der Waals surface area contributed by atoms with Crippen molar-refractivity contribution in [3.05, 3.63) is 53.9 Å². The van der Waals surface area contributed by atoms with E-state index in [0.717, 1.165) is 11.3 Å². The summed E-state index contributed by atoms with van der Waals surface area (Å²) in [5.74, 6) is -2.79. The molecule has 0 saturated heterocycles. The number of hydrogen-bond acceptors (Lipinski definition) is 6. The van der Waals surface area contributed by atoms with E-state index in [2.05, 4.69) is 15.7 Å². The summed E-state index contributed by atoms with van der Waals surface area (Å²) >= 11 is 0. The van der Waals surface area contributed by atoms with Crippen LogP contribution in [-0.2, 0) is 38.7 Å². The number of hydrogen-bond donors (Lipinski definition) is 2. The van der Waals surface area contributed by atoms with E-state index in [4.69, 9.17) is 4.74 Å². The maximum atomic E-state index is 13.1. The summed E-state index contributed by atoms with van der Waals surface area (Å²) in [5, 5.41) is 9.51. The Morgan fingerprint density at radius 1 is 1.21 bits per heavy atom. The number of ether oxygens (including phenoxy) is 1. The molecule has 2 heterocycles. The Morgan fingerprint density at radius 2 is 1.97 bits per heavy atom. The van der Waals surface area contributed by atoms with Crippen molar-refractivity contribution in [1.82, 2.24) is 20.4 Å². The predicted molar refractivity (Wildman–Crippen MR) is 120 cm³/mol. The molecule has 0 fully saturated rings. The van der Waals surface area contributed by atoms with Crippen molar-refractivity contribution in [2.24, 2.45) is 11.8 Å². The van der Waals surface area contributed by atoms with Crippen LogP contribution >= 0.6 is 0 Å². The van der Waals surface area contributed by atoms with Crippen LogP contribution in [-0.4, -0.2) is 45.9 Å². The smallest absolute Gasteiger partial charge is 0.408 e. The van der Waals surface area contributed by atoms with Crippen LogP contribution in [0, 0.1) is 11.8 Å². The first-order valence-electron chi connectivity index (χ1n) is 11.2. The van der Waals surface area contributed by atoms with E-state index < -0.39 is 29.7 Å². The van der Waals surface area contributed by atoms with Gasteiger partial charge in [-0.25, -0.2) is 4.79 Å². The molecular formula is C24H30N4O5. The summed E-state index contributed by atoms with van der Waals surface area (Å²) in [6.07, 6.45) is 2.15. The number of nitrogens with zero attached hydrogens (tertiary/aromatic N) is 2. The van der Waals surface area contributed by atoms with Gasteiger partial charge in [-0.2, -0.15) is 5.10 Å². The van der Waals surface area contributed by atoms with Crippen LogP contribution in [0.3, 0.4) is 0 Å². The summed E-state index contributed by atoms with van der Waals surface area (Å²) in [6.45, 7) is 4.18. The van der Waals surface area contributed by atoms with Crippen molar-refractivity contribution >= 4 is 23.6 Å². The molecule has 1 aromatic heterocycles. The zero-order valence-electron chi connectivity index (χ0n) is 19.0. The normalized spacial score (nSPS) is 17.6. The molecule has 1 aliphatic rings. The number of nitrogens with one attached hydrogen (secondary N) is 2. The first kappa shape index (κ1) is 24.2. The SMILES string of the molecule is CC(C)C(NC(=O)OCc1ccccc1)C(=O)CC1Cn2nccc2CCCNC(=O)C1=O. The molecule has 2 atom stereocenters. The van der Waals surface area contributed by atoms with E-state index in [1.165, 1.54) is 0 Å². The van der Waals surface area contributed by atoms with Gasteiger partial charge in [0.25, 0.3) is 5.91 Å². The zero-order valence-corrected chi connectivity index (χ0v) is 19.0. The van der Waals surface area contributed by atoms with E-state index in [1.54, 1.807) is 24.7 Å². The molecule has 0 aliphatic carbocycles. The zero-order chi connectivity index (χ0) is 23.8. The minimum Gasteiger partial charge on any atom is -0.445 e. The van der Waals surface area contributed by atoms with Gasteiger partial charge in [0.2, 0.25) is 5.78 Å². The number of Topliss-reactive ketones (excluding diaryl/α,β-unsaturated/α-hetero) is 2. The number of fused-ring (bicyclic) bond motifs is 1. The topological polar surface area (TPSA) is 119 Å². The van der Waals surface area contributed by atoms with Crippen molar-refractivity contribution < 1.29 is 23.9 Å². The molecule has 176 valence electrons. The van der Waals surface area contributed by atoms with Crippen LogP contribution in [0.5, 0.6) is 0 Å². The van der Waals surface area contributed by atoms with Crippen LogP contribution in [0.25, 0.3) is 0 Å². The average molecular weight is 455 g/mol. The van der Waals surface area contributed by atoms with Crippen LogP contribution in [0.2, 0.25) is 0 Å². The summed E-state index contributed by atoms with van der Waals surface area (Å²) in [7, 11) is 0. The second kappa shape index (κ2) is 11.4. The van der Waals surface area contributed by atoms with Crippen molar-refractivity contribution in [3.8, 4) is 0 Å². The third-order valence-electron chi connectivity index (χ3n) is 5.63. The van der Waals surface area contributed by atoms with Crippen LogP contribution < -0.4 is 10.6 Å². The van der Waals surface area contributed by atoms with Crippen molar-refractivity contribution in [2.45, 2.75) is 52.3 Å². The lowest BCUT2D eigenvalue weighted by molar-refractivity contribution is -0.141. The van der Waals surface area contributed by atoms with E-state index >= 15 is 0 Å². The number of benzene rings is 1. The highest BCUT2D eigenvalue weighted by Gasteiger charge is 2.33. The van der Waals surface area contributed by atoms with Gasteiger partial charge in [0, 0.05) is 24.9 Å². The summed E-state index contributed by atoms with van der Waals surface area (Å²) in [5.41, 5.74) is 1.77. The third kappa shape index (κ3) is 6.74. The molecule has 1 aliphatic heterocycles. The fourth-order valence-electron chi connectivity index (χ4n) is 3.81. The molecule has 9 nitrogen and oxygen atoms in total. The Balaban J connectivity index is 1.67. The van der Waals surface area contributed by atoms with E-state index in [0.29, 0.717) is 19.4 Å². The first-order valence-corrected chi connectivity index (χ1v) is 11.2. The third-order valence-corrected chi connectivity index (χ3v) is 5.63. The lowest BCUT2D eigenvalue weighted by Crippen LogP contribution is -2.47. The second-order valence-corrected chi connectivity index (χ2v) is 8.52. The molecule has 2 N–H and O–H groups in total. The first-order chi connectivity index (χ1) is 15.8. The Kier molecular flexibility index (Phi) is 8.34. The molecule has 0 spiro atoms. The van der Waals surface area contributed by atoms with Crippen molar-refractivity contribution in [3.63, 3.8) is 0 Å². The number of alkyl carbamates (subject to hydrolysis) is 1. The molecule has 33 heavy (non-hydrogen) atoms. The van der Waals surface area contributed by atoms with Crippen LogP contribution in [0.15, 0.2) is 42.6 Å². The second-order valence-electron chi connectivity index (χ2n) is 8.52. The van der Waals surface area contributed by atoms with Gasteiger partial charge in [-0.3, -0.25) is 19.1 Å². The number of aryl methyl sites for hydroxylation is 1. The number of rotatable bonds is 7. The molecule has 0 bridgehead atoms. The van der Waals surface area contributed by atoms with E-state index in [9.17, 15) is 19.2 Å². The molecule has 2 amide bonds. The highest BCUT2D eigenvalue weighted by atomic mass is 16.5. The minimum absolute atomic E-state index is 0.0784. The van der Waals surface area contributed by atoms with Gasteiger partial charge in [-0.05, 0) is 30.4 Å². The van der Waals surface area contributed by atoms with Crippen molar-refractivity contribution in [2.75, 3.05) is 6.54 Å². The molecule has 9 heteroatoms. The summed E-state index contributed by atoms with van der Waals surface area (Å²) in [6, 6.07) is 10.2. The maximum absolute atomic E-state index is 13.1. The lowest BCUT2D eigenvalue weighted by Gasteiger charge is -2.24. The Hall–Kier alpha value is -3.49. The molecule has 0 saturated carbocycles. The molecule has 3 rings (SSSR count). The van der Waals surface area contributed by atoms with Crippen molar-refractivity contribution in [1.29, 1.82) is 0 Å². The maximum Gasteiger partial charge on any atom is 0.408 e. The molecule has 2 unspecified atom stereocenters. The van der Waals surface area contributed by atoms with Gasteiger partial charge < -0.3 is 15.4 Å². The van der Waals surface area contributed by atoms with Gasteiger partial charge in [-0.15, -0.1) is 0 Å². The molecule has 1 aromatic carbocycles. The summed E-state index contributed by atoms with van der Waals surface area (Å²) < 4.78 is 6.92. The minimum atomic E-state index is -0.877. The number of ketones is 2. The largest absolute Gasteiger partial charge is 0.445 e. The number of carbonyl (C=O) groups excluding carboxylic acids is 4. The van der Waals surface area contributed by atoms with Gasteiger partial charge >= 0.3 is 6.09 Å². The summed E-state index contributed by atoms with van der Waals surface area (Å²) in [4.78, 5) is 50.5. The molecular weight excluding hydrogens is 424 g/mol. The van der Waals surface area contributed by atoms with E-state index in [-0.39, 0.29) is 31.3 Å². The Bertz CT molecular complexity index is 986.